The van der Waals surface area contributed by atoms with Crippen molar-refractivity contribution in [1.29, 1.82) is 0 Å². The second-order valence-electron chi connectivity index (χ2n) is 9.17. The molecule has 1 fully saturated rings. The van der Waals surface area contributed by atoms with E-state index in [0.29, 0.717) is 32.1 Å². The zero-order chi connectivity index (χ0) is 23.6. The van der Waals surface area contributed by atoms with Crippen LogP contribution in [0.1, 0.15) is 73.1 Å². The van der Waals surface area contributed by atoms with E-state index in [9.17, 15) is 36.2 Å². The van der Waals surface area contributed by atoms with Crippen LogP contribution in [0.15, 0.2) is 0 Å². The Morgan fingerprint density at radius 1 is 0.933 bits per heavy atom. The summed E-state index contributed by atoms with van der Waals surface area (Å²) < 4.78 is 87.5. The smallest absolute Gasteiger partial charge is 0.426 e. The second kappa shape index (κ2) is 9.22. The summed E-state index contributed by atoms with van der Waals surface area (Å²) in [6, 6.07) is 0. The van der Waals surface area contributed by atoms with Gasteiger partial charge in [-0.25, -0.2) is 0 Å². The predicted molar refractivity (Wildman–Crippen MR) is 97.6 cm³/mol. The Balaban J connectivity index is 2.61. The van der Waals surface area contributed by atoms with Gasteiger partial charge in [0.15, 0.2) is 0 Å². The van der Waals surface area contributed by atoms with E-state index in [2.05, 4.69) is 0 Å². The fraction of sp³-hybridized carbons (Fsp3) is 0.950. The summed E-state index contributed by atoms with van der Waals surface area (Å²) in [7, 11) is 0. The molecule has 10 heteroatoms. The van der Waals surface area contributed by atoms with Crippen molar-refractivity contribution in [3.63, 3.8) is 0 Å². The SMILES string of the molecule is CCC(C)(C)C(=O)OC1CCC(C(C)(C)OCCC(O)(C(F)(F)F)C(F)(F)F)CC1. The second-order valence-corrected chi connectivity index (χ2v) is 9.17. The van der Waals surface area contributed by atoms with Crippen LogP contribution in [-0.2, 0) is 14.3 Å². The van der Waals surface area contributed by atoms with Crippen LogP contribution in [0.2, 0.25) is 0 Å². The Morgan fingerprint density at radius 3 is 1.80 bits per heavy atom. The number of carbonyl (C=O) groups is 1. The van der Waals surface area contributed by atoms with Gasteiger partial charge in [-0.15, -0.1) is 0 Å². The number of esters is 1. The Morgan fingerprint density at radius 2 is 1.40 bits per heavy atom. The summed E-state index contributed by atoms with van der Waals surface area (Å²) >= 11 is 0. The lowest BCUT2D eigenvalue weighted by Gasteiger charge is -2.40. The fourth-order valence-electron chi connectivity index (χ4n) is 3.35. The van der Waals surface area contributed by atoms with Crippen molar-refractivity contribution in [3.8, 4) is 0 Å². The van der Waals surface area contributed by atoms with Gasteiger partial charge >= 0.3 is 18.3 Å². The van der Waals surface area contributed by atoms with Crippen molar-refractivity contribution in [2.45, 2.75) is 103 Å². The van der Waals surface area contributed by atoms with Crippen LogP contribution in [0.25, 0.3) is 0 Å². The molecular weight excluding hydrogens is 418 g/mol. The summed E-state index contributed by atoms with van der Waals surface area (Å²) in [4.78, 5) is 12.2. The van der Waals surface area contributed by atoms with Crippen LogP contribution in [0.5, 0.6) is 0 Å². The predicted octanol–water partition coefficient (Wildman–Crippen LogP) is 5.57. The van der Waals surface area contributed by atoms with Crippen LogP contribution in [0.3, 0.4) is 0 Å². The van der Waals surface area contributed by atoms with Crippen LogP contribution < -0.4 is 0 Å². The highest BCUT2D eigenvalue weighted by atomic mass is 19.4. The fourth-order valence-corrected chi connectivity index (χ4v) is 3.35. The molecule has 1 aliphatic carbocycles. The topological polar surface area (TPSA) is 55.8 Å². The van der Waals surface area contributed by atoms with Crippen molar-refractivity contribution in [2.75, 3.05) is 6.61 Å². The van der Waals surface area contributed by atoms with Crippen LogP contribution in [-0.4, -0.2) is 47.3 Å². The third-order valence-corrected chi connectivity index (χ3v) is 6.24. The maximum Gasteiger partial charge on any atom is 0.426 e. The van der Waals surface area contributed by atoms with Gasteiger partial charge in [-0.1, -0.05) is 6.92 Å². The number of ether oxygens (including phenoxy) is 2. The van der Waals surface area contributed by atoms with E-state index in [0.717, 1.165) is 0 Å². The molecule has 0 atom stereocenters. The summed E-state index contributed by atoms with van der Waals surface area (Å²) in [5.41, 5.74) is -6.39. The first-order valence-electron chi connectivity index (χ1n) is 10.1. The highest BCUT2D eigenvalue weighted by Crippen LogP contribution is 2.45. The number of hydrogen-bond acceptors (Lipinski definition) is 4. The van der Waals surface area contributed by atoms with Gasteiger partial charge in [0.2, 0.25) is 0 Å². The van der Waals surface area contributed by atoms with Crippen LogP contribution >= 0.6 is 0 Å². The Kier molecular flexibility index (Phi) is 8.30. The van der Waals surface area contributed by atoms with E-state index in [1.165, 1.54) is 0 Å². The van der Waals surface area contributed by atoms with Crippen molar-refractivity contribution < 1.29 is 45.7 Å². The molecule has 0 aromatic carbocycles. The van der Waals surface area contributed by atoms with E-state index >= 15 is 0 Å². The van der Waals surface area contributed by atoms with Crippen molar-refractivity contribution in [3.05, 3.63) is 0 Å². The standard InChI is InChI=1S/C20H32F6O4/c1-6-16(2,3)15(27)30-14-9-7-13(8-10-14)17(4,5)29-12-11-18(28,19(21,22)23)20(24,25)26/h13-14,28H,6-12H2,1-5H3. The molecule has 0 heterocycles. The average molecular weight is 450 g/mol. The zero-order valence-corrected chi connectivity index (χ0v) is 18.0. The molecule has 0 aliphatic heterocycles. The summed E-state index contributed by atoms with van der Waals surface area (Å²) in [5.74, 6) is -0.418. The molecule has 0 unspecified atom stereocenters. The molecule has 1 aliphatic rings. The minimum atomic E-state index is -5.85. The minimum Gasteiger partial charge on any atom is -0.462 e. The number of alkyl halides is 6. The van der Waals surface area contributed by atoms with Gasteiger partial charge in [0, 0.05) is 6.42 Å². The number of halogens is 6. The van der Waals surface area contributed by atoms with Crippen LogP contribution in [0, 0.1) is 11.3 Å². The summed E-state index contributed by atoms with van der Waals surface area (Å²) in [5, 5.41) is 9.22. The van der Waals surface area contributed by atoms with Gasteiger partial charge in [0.05, 0.1) is 17.6 Å². The molecule has 0 bridgehead atoms. The first kappa shape index (κ1) is 27.0. The molecule has 0 radical (unpaired) electrons. The highest BCUT2D eigenvalue weighted by Gasteiger charge is 2.69. The van der Waals surface area contributed by atoms with Crippen LogP contribution in [0.4, 0.5) is 26.3 Å². The molecule has 0 aromatic rings. The Labute approximate surface area is 173 Å². The molecule has 178 valence electrons. The maximum atomic E-state index is 12.8. The number of hydrogen-bond donors (Lipinski definition) is 1. The lowest BCUT2D eigenvalue weighted by atomic mass is 9.77. The largest absolute Gasteiger partial charge is 0.462 e. The van der Waals surface area contributed by atoms with Gasteiger partial charge in [-0.2, -0.15) is 26.3 Å². The van der Waals surface area contributed by atoms with E-state index in [1.807, 2.05) is 6.92 Å². The monoisotopic (exact) mass is 450 g/mol. The normalized spacial score (nSPS) is 22.1. The molecule has 4 nitrogen and oxygen atoms in total. The van der Waals surface area contributed by atoms with E-state index in [4.69, 9.17) is 9.47 Å². The van der Waals surface area contributed by atoms with Gasteiger partial charge in [-0.05, 0) is 65.7 Å². The minimum absolute atomic E-state index is 0.128. The van der Waals surface area contributed by atoms with Crippen molar-refractivity contribution in [2.24, 2.45) is 11.3 Å². The maximum absolute atomic E-state index is 12.8. The first-order chi connectivity index (χ1) is 13.4. The summed E-state index contributed by atoms with van der Waals surface area (Å²) in [6.07, 6.45) is -10.8. The van der Waals surface area contributed by atoms with E-state index in [-0.39, 0.29) is 18.0 Å². The van der Waals surface area contributed by atoms with Crippen molar-refractivity contribution in [1.82, 2.24) is 0 Å². The zero-order valence-electron chi connectivity index (χ0n) is 18.0. The Hall–Kier alpha value is -1.03. The molecule has 0 spiro atoms. The lowest BCUT2D eigenvalue weighted by molar-refractivity contribution is -0.372. The van der Waals surface area contributed by atoms with Gasteiger partial charge in [0.25, 0.3) is 5.60 Å². The number of carbonyl (C=O) groups excluding carboxylic acids is 1. The van der Waals surface area contributed by atoms with Gasteiger partial charge in [0.1, 0.15) is 6.10 Å². The molecule has 0 amide bonds. The molecular formula is C20H32F6O4. The lowest BCUT2D eigenvalue weighted by Crippen LogP contribution is -2.57. The molecule has 0 aromatic heterocycles. The molecule has 1 N–H and O–H groups in total. The molecule has 1 rings (SSSR count). The van der Waals surface area contributed by atoms with Gasteiger partial charge in [-0.3, -0.25) is 4.79 Å². The number of rotatable bonds is 8. The molecule has 30 heavy (non-hydrogen) atoms. The first-order valence-corrected chi connectivity index (χ1v) is 10.1. The molecule has 1 saturated carbocycles. The van der Waals surface area contributed by atoms with E-state index < -0.39 is 42.0 Å². The quantitative estimate of drug-likeness (QED) is 0.388. The third kappa shape index (κ3) is 6.24. The molecule has 0 saturated heterocycles. The Bertz CT molecular complexity index is 561. The summed E-state index contributed by atoms with van der Waals surface area (Å²) in [6.45, 7) is 7.77. The van der Waals surface area contributed by atoms with Gasteiger partial charge < -0.3 is 14.6 Å². The van der Waals surface area contributed by atoms with E-state index in [1.54, 1.807) is 27.7 Å². The highest BCUT2D eigenvalue weighted by molar-refractivity contribution is 5.75. The van der Waals surface area contributed by atoms with Crippen molar-refractivity contribution >= 4 is 5.97 Å². The average Bonchev–Trinajstić information content (AvgIpc) is 2.59. The number of aliphatic hydroxyl groups is 1. The third-order valence-electron chi connectivity index (χ3n) is 6.24.